The molecule has 0 saturated heterocycles. The molecule has 2 unspecified atom stereocenters. The van der Waals surface area contributed by atoms with Crippen molar-refractivity contribution in [1.82, 2.24) is 4.90 Å². The van der Waals surface area contributed by atoms with Crippen LogP contribution in [0.15, 0.2) is 54.6 Å². The molecule has 0 N–H and O–H groups in total. The zero-order valence-electron chi connectivity index (χ0n) is 17.4. The second-order valence-corrected chi connectivity index (χ2v) is 8.53. The zero-order valence-corrected chi connectivity index (χ0v) is 17.4. The van der Waals surface area contributed by atoms with Crippen LogP contribution in [0.25, 0.3) is 0 Å². The monoisotopic (exact) mass is 363 g/mol. The van der Waals surface area contributed by atoms with Crippen molar-refractivity contribution in [1.29, 1.82) is 0 Å². The molecule has 2 atom stereocenters. The SMILES string of the molecule is CCc1ccc(CN(CCC2CCCCCC2C)Cc2ccccc2)cc1. The summed E-state index contributed by atoms with van der Waals surface area (Å²) in [5.74, 6) is 1.81. The highest BCUT2D eigenvalue weighted by Crippen LogP contribution is 2.31. The average Bonchev–Trinajstić information content (AvgIpc) is 2.91. The van der Waals surface area contributed by atoms with Crippen LogP contribution in [0.3, 0.4) is 0 Å². The first kappa shape index (κ1) is 20.1. The smallest absolute Gasteiger partial charge is 0.0237 e. The molecule has 146 valence electrons. The van der Waals surface area contributed by atoms with E-state index in [0.717, 1.165) is 31.3 Å². The summed E-state index contributed by atoms with van der Waals surface area (Å²) >= 11 is 0. The Hall–Kier alpha value is -1.60. The molecule has 1 heteroatoms. The number of aryl methyl sites for hydroxylation is 1. The summed E-state index contributed by atoms with van der Waals surface area (Å²) in [6.07, 6.45) is 9.65. The van der Waals surface area contributed by atoms with E-state index < -0.39 is 0 Å². The lowest BCUT2D eigenvalue weighted by Crippen LogP contribution is -2.27. The van der Waals surface area contributed by atoms with E-state index in [1.807, 2.05) is 0 Å². The summed E-state index contributed by atoms with van der Waals surface area (Å²) in [4.78, 5) is 2.66. The number of nitrogens with zero attached hydrogens (tertiary/aromatic N) is 1. The summed E-state index contributed by atoms with van der Waals surface area (Å²) in [7, 11) is 0. The normalized spacial score (nSPS) is 20.6. The highest BCUT2D eigenvalue weighted by molar-refractivity contribution is 5.22. The van der Waals surface area contributed by atoms with E-state index in [9.17, 15) is 0 Å². The van der Waals surface area contributed by atoms with Gasteiger partial charge in [-0.15, -0.1) is 0 Å². The van der Waals surface area contributed by atoms with Crippen LogP contribution in [0.4, 0.5) is 0 Å². The Morgan fingerprint density at radius 2 is 1.41 bits per heavy atom. The minimum atomic E-state index is 0.898. The molecule has 27 heavy (non-hydrogen) atoms. The van der Waals surface area contributed by atoms with Gasteiger partial charge in [-0.25, -0.2) is 0 Å². The number of hydrogen-bond donors (Lipinski definition) is 0. The second-order valence-electron chi connectivity index (χ2n) is 8.53. The fraction of sp³-hybridized carbons (Fsp3) is 0.538. The average molecular weight is 364 g/mol. The molecular formula is C26H37N. The van der Waals surface area contributed by atoms with Gasteiger partial charge in [0, 0.05) is 13.1 Å². The van der Waals surface area contributed by atoms with Gasteiger partial charge in [0.15, 0.2) is 0 Å². The molecule has 2 aromatic carbocycles. The fourth-order valence-corrected chi connectivity index (χ4v) is 4.54. The molecule has 1 aliphatic carbocycles. The van der Waals surface area contributed by atoms with E-state index in [1.54, 1.807) is 0 Å². The Balaban J connectivity index is 1.64. The quantitative estimate of drug-likeness (QED) is 0.463. The molecule has 2 aromatic rings. The molecule has 1 saturated carbocycles. The van der Waals surface area contributed by atoms with E-state index in [4.69, 9.17) is 0 Å². The van der Waals surface area contributed by atoms with E-state index >= 15 is 0 Å². The number of rotatable bonds is 8. The Morgan fingerprint density at radius 3 is 2.11 bits per heavy atom. The summed E-state index contributed by atoms with van der Waals surface area (Å²) in [6.45, 7) is 8.03. The standard InChI is InChI=1S/C26H37N/c1-3-23-14-16-25(17-15-23)21-27(20-24-11-7-5-8-12-24)19-18-26-13-9-4-6-10-22(26)2/h5,7-8,11-12,14-17,22,26H,3-4,6,9-10,13,18-21H2,1-2H3. The highest BCUT2D eigenvalue weighted by atomic mass is 15.1. The zero-order chi connectivity index (χ0) is 18.9. The second kappa shape index (κ2) is 10.7. The molecule has 0 radical (unpaired) electrons. The fourth-order valence-electron chi connectivity index (χ4n) is 4.54. The molecule has 0 aliphatic heterocycles. The molecule has 3 rings (SSSR count). The number of hydrogen-bond acceptors (Lipinski definition) is 1. The summed E-state index contributed by atoms with van der Waals surface area (Å²) in [5, 5.41) is 0. The predicted octanol–water partition coefficient (Wildman–Crippen LogP) is 6.86. The van der Waals surface area contributed by atoms with E-state index in [-0.39, 0.29) is 0 Å². The third kappa shape index (κ3) is 6.50. The first-order valence-electron chi connectivity index (χ1n) is 11.1. The number of benzene rings is 2. The van der Waals surface area contributed by atoms with Crippen molar-refractivity contribution in [2.24, 2.45) is 11.8 Å². The van der Waals surface area contributed by atoms with Gasteiger partial charge in [-0.3, -0.25) is 4.90 Å². The van der Waals surface area contributed by atoms with E-state index in [2.05, 4.69) is 73.3 Å². The van der Waals surface area contributed by atoms with Gasteiger partial charge in [-0.05, 0) is 47.9 Å². The Morgan fingerprint density at radius 1 is 0.778 bits per heavy atom. The molecule has 0 bridgehead atoms. The van der Waals surface area contributed by atoms with Gasteiger partial charge in [0.25, 0.3) is 0 Å². The maximum Gasteiger partial charge on any atom is 0.0237 e. The van der Waals surface area contributed by atoms with Crippen LogP contribution >= 0.6 is 0 Å². The van der Waals surface area contributed by atoms with Gasteiger partial charge in [-0.1, -0.05) is 101 Å². The van der Waals surface area contributed by atoms with Crippen LogP contribution in [0.5, 0.6) is 0 Å². The Labute approximate surface area is 166 Å². The van der Waals surface area contributed by atoms with Crippen LogP contribution in [0, 0.1) is 11.8 Å². The van der Waals surface area contributed by atoms with Gasteiger partial charge < -0.3 is 0 Å². The van der Waals surface area contributed by atoms with E-state index in [0.29, 0.717) is 0 Å². The predicted molar refractivity (Wildman–Crippen MR) is 117 cm³/mol. The minimum absolute atomic E-state index is 0.898. The molecule has 1 aliphatic rings. The van der Waals surface area contributed by atoms with Crippen LogP contribution < -0.4 is 0 Å². The molecular weight excluding hydrogens is 326 g/mol. The van der Waals surface area contributed by atoms with Crippen LogP contribution in [0.2, 0.25) is 0 Å². The highest BCUT2D eigenvalue weighted by Gasteiger charge is 2.20. The van der Waals surface area contributed by atoms with Crippen molar-refractivity contribution in [2.75, 3.05) is 6.54 Å². The van der Waals surface area contributed by atoms with Crippen molar-refractivity contribution in [3.8, 4) is 0 Å². The molecule has 1 nitrogen and oxygen atoms in total. The van der Waals surface area contributed by atoms with Crippen LogP contribution in [-0.4, -0.2) is 11.4 Å². The molecule has 0 aromatic heterocycles. The first-order chi connectivity index (χ1) is 13.2. The van der Waals surface area contributed by atoms with Gasteiger partial charge in [-0.2, -0.15) is 0 Å². The van der Waals surface area contributed by atoms with Crippen molar-refractivity contribution < 1.29 is 0 Å². The van der Waals surface area contributed by atoms with Crippen molar-refractivity contribution in [3.05, 3.63) is 71.3 Å². The lowest BCUT2D eigenvalue weighted by molar-refractivity contribution is 0.210. The summed E-state index contributed by atoms with van der Waals surface area (Å²) in [6, 6.07) is 20.2. The van der Waals surface area contributed by atoms with Crippen molar-refractivity contribution in [2.45, 2.75) is 71.9 Å². The third-order valence-corrected chi connectivity index (χ3v) is 6.44. The van der Waals surface area contributed by atoms with Gasteiger partial charge in [0.1, 0.15) is 0 Å². The molecule has 0 spiro atoms. The minimum Gasteiger partial charge on any atom is -0.295 e. The van der Waals surface area contributed by atoms with E-state index in [1.165, 1.54) is 61.8 Å². The van der Waals surface area contributed by atoms with Crippen LogP contribution in [-0.2, 0) is 19.5 Å². The first-order valence-corrected chi connectivity index (χ1v) is 11.1. The van der Waals surface area contributed by atoms with Crippen molar-refractivity contribution >= 4 is 0 Å². The lowest BCUT2D eigenvalue weighted by Gasteiger charge is -2.27. The Kier molecular flexibility index (Phi) is 7.95. The Bertz CT molecular complexity index is 646. The lowest BCUT2D eigenvalue weighted by atomic mass is 9.87. The van der Waals surface area contributed by atoms with Gasteiger partial charge in [0.05, 0.1) is 0 Å². The molecule has 0 amide bonds. The summed E-state index contributed by atoms with van der Waals surface area (Å²) < 4.78 is 0. The topological polar surface area (TPSA) is 3.24 Å². The maximum absolute atomic E-state index is 2.66. The van der Waals surface area contributed by atoms with Crippen LogP contribution in [0.1, 0.15) is 69.1 Å². The van der Waals surface area contributed by atoms with Gasteiger partial charge >= 0.3 is 0 Å². The van der Waals surface area contributed by atoms with Crippen molar-refractivity contribution in [3.63, 3.8) is 0 Å². The van der Waals surface area contributed by atoms with Gasteiger partial charge in [0.2, 0.25) is 0 Å². The molecule has 0 heterocycles. The molecule has 1 fully saturated rings. The maximum atomic E-state index is 2.66. The largest absolute Gasteiger partial charge is 0.295 e. The third-order valence-electron chi connectivity index (χ3n) is 6.44. The summed E-state index contributed by atoms with van der Waals surface area (Å²) in [5.41, 5.74) is 4.30.